The van der Waals surface area contributed by atoms with Crippen LogP contribution in [0.15, 0.2) is 0 Å². The SMILES string of the molecule is CCOCCOCCS(=O)(=O)NNS(=O)(=O)CCOCCOC. The molecule has 10 nitrogen and oxygen atoms in total. The number of nitrogens with one attached hydrogen (secondary N) is 2. The molecule has 2 N–H and O–H groups in total. The molecule has 0 amide bonds. The number of hydrogen-bond donors (Lipinski definition) is 2. The average molecular weight is 378 g/mol. The first-order chi connectivity index (χ1) is 10.8. The molecule has 140 valence electrons. The van der Waals surface area contributed by atoms with E-state index in [2.05, 4.69) is 0 Å². The zero-order valence-electron chi connectivity index (χ0n) is 13.4. The second-order valence-corrected chi connectivity index (χ2v) is 7.94. The van der Waals surface area contributed by atoms with Crippen LogP contribution in [0.5, 0.6) is 0 Å². The van der Waals surface area contributed by atoms with Gasteiger partial charge < -0.3 is 18.9 Å². The number of ether oxygens (including phenoxy) is 4. The van der Waals surface area contributed by atoms with Gasteiger partial charge in [-0.3, -0.25) is 0 Å². The van der Waals surface area contributed by atoms with Crippen molar-refractivity contribution < 1.29 is 35.8 Å². The number of hydrogen-bond acceptors (Lipinski definition) is 8. The second-order valence-electron chi connectivity index (χ2n) is 4.26. The van der Waals surface area contributed by atoms with Crippen LogP contribution < -0.4 is 9.66 Å². The van der Waals surface area contributed by atoms with Gasteiger partial charge in [0, 0.05) is 13.7 Å². The van der Waals surface area contributed by atoms with E-state index in [1.165, 1.54) is 7.11 Å². The topological polar surface area (TPSA) is 129 Å². The highest BCUT2D eigenvalue weighted by Gasteiger charge is 2.15. The monoisotopic (exact) mass is 378 g/mol. The summed E-state index contributed by atoms with van der Waals surface area (Å²) in [6.07, 6.45) is 0. The predicted molar refractivity (Wildman–Crippen MR) is 83.9 cm³/mol. The summed E-state index contributed by atoms with van der Waals surface area (Å²) < 4.78 is 66.1. The highest BCUT2D eigenvalue weighted by Crippen LogP contribution is 1.89. The zero-order valence-corrected chi connectivity index (χ0v) is 15.1. The summed E-state index contributed by atoms with van der Waals surface area (Å²) >= 11 is 0. The molecule has 0 aliphatic carbocycles. The minimum absolute atomic E-state index is 0.0652. The van der Waals surface area contributed by atoms with E-state index in [9.17, 15) is 16.8 Å². The molecule has 0 bridgehead atoms. The van der Waals surface area contributed by atoms with E-state index < -0.39 is 20.0 Å². The van der Waals surface area contributed by atoms with Crippen molar-refractivity contribution in [2.45, 2.75) is 6.92 Å². The van der Waals surface area contributed by atoms with Gasteiger partial charge in [-0.1, -0.05) is 0 Å². The molecule has 0 unspecified atom stereocenters. The van der Waals surface area contributed by atoms with Gasteiger partial charge in [-0.25, -0.2) is 16.8 Å². The van der Waals surface area contributed by atoms with Gasteiger partial charge in [0.25, 0.3) is 0 Å². The first-order valence-electron chi connectivity index (χ1n) is 7.04. The van der Waals surface area contributed by atoms with Crippen LogP contribution in [0.3, 0.4) is 0 Å². The Hall–Kier alpha value is -0.340. The molecule has 0 aliphatic heterocycles. The zero-order chi connectivity index (χ0) is 17.6. The van der Waals surface area contributed by atoms with Gasteiger partial charge in [0.1, 0.15) is 0 Å². The summed E-state index contributed by atoms with van der Waals surface area (Å²) in [5.41, 5.74) is 0. The van der Waals surface area contributed by atoms with Crippen LogP contribution in [0.25, 0.3) is 0 Å². The smallest absolute Gasteiger partial charge is 0.227 e. The van der Waals surface area contributed by atoms with Gasteiger partial charge >= 0.3 is 0 Å². The van der Waals surface area contributed by atoms with Gasteiger partial charge in [-0.05, 0) is 6.92 Å². The molecule has 0 radical (unpaired) electrons. The first-order valence-corrected chi connectivity index (χ1v) is 10.3. The molecule has 0 atom stereocenters. The van der Waals surface area contributed by atoms with Crippen LogP contribution in [0.2, 0.25) is 0 Å². The maximum absolute atomic E-state index is 11.6. The summed E-state index contributed by atoms with van der Waals surface area (Å²) in [6, 6.07) is 0. The Labute approximate surface area is 137 Å². The average Bonchev–Trinajstić information content (AvgIpc) is 2.49. The van der Waals surface area contributed by atoms with Crippen LogP contribution >= 0.6 is 0 Å². The largest absolute Gasteiger partial charge is 0.382 e. The molecule has 12 heteroatoms. The maximum Gasteiger partial charge on any atom is 0.227 e. The summed E-state index contributed by atoms with van der Waals surface area (Å²) in [5, 5.41) is 0. The minimum Gasteiger partial charge on any atom is -0.382 e. The summed E-state index contributed by atoms with van der Waals surface area (Å²) in [6.45, 7) is 3.52. The molecular weight excluding hydrogens is 352 g/mol. The maximum atomic E-state index is 11.6. The molecule has 23 heavy (non-hydrogen) atoms. The molecule has 0 saturated heterocycles. The normalized spacial score (nSPS) is 12.6. The molecule has 0 heterocycles. The van der Waals surface area contributed by atoms with Crippen molar-refractivity contribution in [3.8, 4) is 0 Å². The Kier molecular flexibility index (Phi) is 12.8. The van der Waals surface area contributed by atoms with Crippen LogP contribution in [-0.2, 0) is 39.0 Å². The van der Waals surface area contributed by atoms with Gasteiger partial charge in [0.2, 0.25) is 20.0 Å². The second kappa shape index (κ2) is 13.0. The molecule has 0 aromatic carbocycles. The van der Waals surface area contributed by atoms with Crippen LogP contribution in [-0.4, -0.2) is 81.7 Å². The van der Waals surface area contributed by atoms with Gasteiger partial charge in [0.15, 0.2) is 0 Å². The fourth-order valence-electron chi connectivity index (χ4n) is 1.17. The van der Waals surface area contributed by atoms with Gasteiger partial charge in [0.05, 0.1) is 51.1 Å². The van der Waals surface area contributed by atoms with E-state index in [0.29, 0.717) is 19.8 Å². The third kappa shape index (κ3) is 15.0. The fourth-order valence-corrected chi connectivity index (χ4v) is 3.07. The molecule has 0 saturated carbocycles. The molecule has 0 aliphatic rings. The number of methoxy groups -OCH3 is 1. The van der Waals surface area contributed by atoms with Crippen LogP contribution in [0, 0.1) is 0 Å². The van der Waals surface area contributed by atoms with Crippen molar-refractivity contribution >= 4 is 20.0 Å². The Morgan fingerprint density at radius 3 is 1.57 bits per heavy atom. The van der Waals surface area contributed by atoms with Crippen molar-refractivity contribution in [1.82, 2.24) is 9.66 Å². The quantitative estimate of drug-likeness (QED) is 0.244. The van der Waals surface area contributed by atoms with Crippen LogP contribution in [0.1, 0.15) is 6.92 Å². The van der Waals surface area contributed by atoms with Crippen molar-refractivity contribution in [2.75, 3.05) is 64.9 Å². The van der Waals surface area contributed by atoms with Gasteiger partial charge in [-0.2, -0.15) is 0 Å². The van der Waals surface area contributed by atoms with Gasteiger partial charge in [-0.15, -0.1) is 9.66 Å². The van der Waals surface area contributed by atoms with E-state index in [4.69, 9.17) is 18.9 Å². The lowest BCUT2D eigenvalue weighted by Gasteiger charge is -2.10. The van der Waals surface area contributed by atoms with Crippen molar-refractivity contribution in [3.63, 3.8) is 0 Å². The number of rotatable bonds is 16. The fraction of sp³-hybridized carbons (Fsp3) is 1.00. The number of sulfonamides is 2. The molecule has 0 fully saturated rings. The molecule has 0 aromatic heterocycles. The lowest BCUT2D eigenvalue weighted by molar-refractivity contribution is 0.0590. The highest BCUT2D eigenvalue weighted by molar-refractivity contribution is 7.92. The van der Waals surface area contributed by atoms with Crippen LogP contribution in [0.4, 0.5) is 0 Å². The van der Waals surface area contributed by atoms with E-state index >= 15 is 0 Å². The van der Waals surface area contributed by atoms with Crippen molar-refractivity contribution in [1.29, 1.82) is 0 Å². The molecule has 0 rings (SSSR count). The lowest BCUT2D eigenvalue weighted by atomic mass is 10.7. The molecule has 0 aromatic rings. The van der Waals surface area contributed by atoms with E-state index in [1.807, 2.05) is 6.92 Å². The van der Waals surface area contributed by atoms with E-state index in [-0.39, 0.29) is 37.9 Å². The third-order valence-electron chi connectivity index (χ3n) is 2.35. The van der Waals surface area contributed by atoms with E-state index in [1.54, 1.807) is 9.66 Å². The lowest BCUT2D eigenvalue weighted by Crippen LogP contribution is -2.44. The Morgan fingerprint density at radius 2 is 1.13 bits per heavy atom. The minimum atomic E-state index is -3.81. The third-order valence-corrected chi connectivity index (χ3v) is 4.72. The Balaban J connectivity index is 3.88. The van der Waals surface area contributed by atoms with Crippen molar-refractivity contribution in [2.24, 2.45) is 0 Å². The van der Waals surface area contributed by atoms with Crippen molar-refractivity contribution in [3.05, 3.63) is 0 Å². The summed E-state index contributed by atoms with van der Waals surface area (Å²) in [4.78, 5) is 3.59. The number of hydrazine groups is 1. The standard InChI is InChI=1S/C11H26N2O8S2/c1-3-19-6-7-21-9-11-23(16,17)13-12-22(14,15)10-8-20-5-4-18-2/h12-13H,3-11H2,1-2H3. The Bertz CT molecular complexity index is 480. The molecule has 0 spiro atoms. The summed E-state index contributed by atoms with van der Waals surface area (Å²) in [5.74, 6) is -0.740. The predicted octanol–water partition coefficient (Wildman–Crippen LogP) is -1.54. The van der Waals surface area contributed by atoms with E-state index in [0.717, 1.165) is 0 Å². The Morgan fingerprint density at radius 1 is 0.696 bits per heavy atom. The first kappa shape index (κ1) is 22.7. The highest BCUT2D eigenvalue weighted by atomic mass is 32.2. The summed E-state index contributed by atoms with van der Waals surface area (Å²) in [7, 11) is -6.13. The molecular formula is C11H26N2O8S2.